The van der Waals surface area contributed by atoms with Crippen molar-refractivity contribution in [2.24, 2.45) is 0 Å². The number of nitrogens with zero attached hydrogens (tertiary/aromatic N) is 2. The number of thiazole rings is 1. The van der Waals surface area contributed by atoms with Gasteiger partial charge in [0.25, 0.3) is 0 Å². The first kappa shape index (κ1) is 9.14. The van der Waals surface area contributed by atoms with Gasteiger partial charge in [-0.2, -0.15) is 0 Å². The number of hydrogen-bond donors (Lipinski definition) is 1. The van der Waals surface area contributed by atoms with Gasteiger partial charge in [0.15, 0.2) is 0 Å². The monoisotopic (exact) mass is 211 g/mol. The minimum absolute atomic E-state index is 0.149. The lowest BCUT2D eigenvalue weighted by atomic mass is 10.4. The molecule has 2 heterocycles. The summed E-state index contributed by atoms with van der Waals surface area (Å²) in [4.78, 5) is 28.7. The Morgan fingerprint density at radius 1 is 1.64 bits per heavy atom. The molecule has 0 unspecified atom stereocenters. The summed E-state index contributed by atoms with van der Waals surface area (Å²) >= 11 is 1.50. The minimum atomic E-state index is -0.317. The third kappa shape index (κ3) is 1.60. The lowest BCUT2D eigenvalue weighted by Crippen LogP contribution is -2.27. The second-order valence-electron chi connectivity index (χ2n) is 3.07. The Kier molecular flexibility index (Phi) is 2.20. The number of urea groups is 1. The van der Waals surface area contributed by atoms with Gasteiger partial charge in [0.1, 0.15) is 6.54 Å². The SMILES string of the molecule is Cc1ncsc1CN1CC(=O)NC1=O. The first-order chi connectivity index (χ1) is 6.66. The second-order valence-corrected chi connectivity index (χ2v) is 4.01. The van der Waals surface area contributed by atoms with E-state index in [2.05, 4.69) is 10.3 Å². The standard InChI is InChI=1S/C8H9N3O2S/c1-5-6(14-4-9-5)2-11-3-7(12)10-8(11)13/h4H,2-3H2,1H3,(H,10,12,13). The van der Waals surface area contributed by atoms with E-state index in [-0.39, 0.29) is 18.5 Å². The molecule has 0 radical (unpaired) electrons. The fourth-order valence-corrected chi connectivity index (χ4v) is 2.05. The summed E-state index contributed by atoms with van der Waals surface area (Å²) in [5.74, 6) is -0.239. The molecule has 74 valence electrons. The molecular weight excluding hydrogens is 202 g/mol. The Morgan fingerprint density at radius 2 is 2.43 bits per heavy atom. The molecule has 6 heteroatoms. The van der Waals surface area contributed by atoms with Crippen molar-refractivity contribution in [3.63, 3.8) is 0 Å². The molecule has 0 aliphatic carbocycles. The number of carbonyl (C=O) groups is 2. The molecule has 3 amide bonds. The number of amides is 3. The third-order valence-corrected chi connectivity index (χ3v) is 2.97. The molecule has 2 rings (SSSR count). The third-order valence-electron chi connectivity index (χ3n) is 2.05. The molecule has 1 aromatic heterocycles. The number of aromatic nitrogens is 1. The van der Waals surface area contributed by atoms with Crippen LogP contribution in [0.5, 0.6) is 0 Å². The summed E-state index contributed by atoms with van der Waals surface area (Å²) in [6.45, 7) is 2.51. The van der Waals surface area contributed by atoms with Crippen LogP contribution in [0.25, 0.3) is 0 Å². The molecule has 1 aromatic rings. The van der Waals surface area contributed by atoms with Gasteiger partial charge in [-0.3, -0.25) is 10.1 Å². The molecule has 1 aliphatic rings. The van der Waals surface area contributed by atoms with Crippen LogP contribution in [-0.2, 0) is 11.3 Å². The summed E-state index contributed by atoms with van der Waals surface area (Å²) in [6.07, 6.45) is 0. The molecule has 1 saturated heterocycles. The van der Waals surface area contributed by atoms with Crippen molar-refractivity contribution >= 4 is 23.3 Å². The van der Waals surface area contributed by atoms with Crippen molar-refractivity contribution in [3.8, 4) is 0 Å². The van der Waals surface area contributed by atoms with E-state index in [0.29, 0.717) is 6.54 Å². The molecule has 1 aliphatic heterocycles. The predicted octanol–water partition coefficient (Wildman–Crippen LogP) is 0.503. The highest BCUT2D eigenvalue weighted by atomic mass is 32.1. The van der Waals surface area contributed by atoms with Crippen LogP contribution in [0.4, 0.5) is 4.79 Å². The average molecular weight is 211 g/mol. The van der Waals surface area contributed by atoms with E-state index in [1.165, 1.54) is 16.2 Å². The largest absolute Gasteiger partial charge is 0.324 e. The van der Waals surface area contributed by atoms with Gasteiger partial charge in [0, 0.05) is 4.88 Å². The number of nitrogens with one attached hydrogen (secondary N) is 1. The van der Waals surface area contributed by atoms with Crippen molar-refractivity contribution in [2.45, 2.75) is 13.5 Å². The van der Waals surface area contributed by atoms with Crippen LogP contribution in [0.15, 0.2) is 5.51 Å². The van der Waals surface area contributed by atoms with Gasteiger partial charge in [-0.25, -0.2) is 9.78 Å². The molecule has 1 N–H and O–H groups in total. The zero-order chi connectivity index (χ0) is 10.1. The lowest BCUT2D eigenvalue weighted by molar-refractivity contribution is -0.118. The summed E-state index contributed by atoms with van der Waals surface area (Å²) in [7, 11) is 0. The molecule has 1 fully saturated rings. The fourth-order valence-electron chi connectivity index (χ4n) is 1.26. The van der Waals surface area contributed by atoms with Gasteiger partial charge in [0.05, 0.1) is 17.7 Å². The van der Waals surface area contributed by atoms with E-state index in [1.54, 1.807) is 5.51 Å². The Balaban J connectivity index is 2.09. The van der Waals surface area contributed by atoms with E-state index in [1.807, 2.05) is 6.92 Å². The average Bonchev–Trinajstić information content (AvgIpc) is 2.62. The molecule has 0 spiro atoms. The Hall–Kier alpha value is -1.43. The number of carbonyl (C=O) groups excluding carboxylic acids is 2. The quantitative estimate of drug-likeness (QED) is 0.725. The van der Waals surface area contributed by atoms with Crippen molar-refractivity contribution in [1.29, 1.82) is 0 Å². The highest BCUT2D eigenvalue weighted by molar-refractivity contribution is 7.09. The highest BCUT2D eigenvalue weighted by Gasteiger charge is 2.27. The van der Waals surface area contributed by atoms with E-state index in [9.17, 15) is 9.59 Å². The topological polar surface area (TPSA) is 62.3 Å². The molecule has 0 bridgehead atoms. The van der Waals surface area contributed by atoms with Gasteiger partial charge >= 0.3 is 6.03 Å². The normalized spacial score (nSPS) is 16.2. The first-order valence-electron chi connectivity index (χ1n) is 4.14. The number of aryl methyl sites for hydroxylation is 1. The second kappa shape index (κ2) is 3.38. The zero-order valence-corrected chi connectivity index (χ0v) is 8.43. The van der Waals surface area contributed by atoms with Gasteiger partial charge in [-0.1, -0.05) is 0 Å². The van der Waals surface area contributed by atoms with Crippen molar-refractivity contribution in [2.75, 3.05) is 6.54 Å². The van der Waals surface area contributed by atoms with Crippen LogP contribution in [0, 0.1) is 6.92 Å². The number of rotatable bonds is 2. The molecule has 5 nitrogen and oxygen atoms in total. The van der Waals surface area contributed by atoms with Gasteiger partial charge in [-0.05, 0) is 6.92 Å². The van der Waals surface area contributed by atoms with Crippen LogP contribution in [0.2, 0.25) is 0 Å². The van der Waals surface area contributed by atoms with Crippen LogP contribution >= 0.6 is 11.3 Å². The van der Waals surface area contributed by atoms with E-state index < -0.39 is 0 Å². The summed E-state index contributed by atoms with van der Waals surface area (Å²) in [5, 5.41) is 2.23. The van der Waals surface area contributed by atoms with Gasteiger partial charge < -0.3 is 4.90 Å². The maximum absolute atomic E-state index is 11.2. The zero-order valence-electron chi connectivity index (χ0n) is 7.61. The Morgan fingerprint density at radius 3 is 2.93 bits per heavy atom. The minimum Gasteiger partial charge on any atom is -0.310 e. The van der Waals surface area contributed by atoms with Crippen molar-refractivity contribution in [1.82, 2.24) is 15.2 Å². The van der Waals surface area contributed by atoms with E-state index >= 15 is 0 Å². The maximum Gasteiger partial charge on any atom is 0.324 e. The van der Waals surface area contributed by atoms with E-state index in [4.69, 9.17) is 0 Å². The fraction of sp³-hybridized carbons (Fsp3) is 0.375. The summed E-state index contributed by atoms with van der Waals surface area (Å²) in [5.41, 5.74) is 2.66. The van der Waals surface area contributed by atoms with Crippen LogP contribution < -0.4 is 5.32 Å². The van der Waals surface area contributed by atoms with Crippen LogP contribution in [0.1, 0.15) is 10.6 Å². The van der Waals surface area contributed by atoms with Crippen LogP contribution in [-0.4, -0.2) is 28.4 Å². The van der Waals surface area contributed by atoms with Crippen LogP contribution in [0.3, 0.4) is 0 Å². The predicted molar refractivity (Wildman–Crippen MR) is 50.8 cm³/mol. The molecule has 14 heavy (non-hydrogen) atoms. The number of imide groups is 1. The number of hydrogen-bond acceptors (Lipinski definition) is 4. The van der Waals surface area contributed by atoms with Crippen molar-refractivity contribution in [3.05, 3.63) is 16.1 Å². The lowest BCUT2D eigenvalue weighted by Gasteiger charge is -2.11. The maximum atomic E-state index is 11.2. The Bertz CT molecular complexity index is 388. The summed E-state index contributed by atoms with van der Waals surface area (Å²) < 4.78 is 0. The summed E-state index contributed by atoms with van der Waals surface area (Å²) in [6, 6.07) is -0.317. The molecular formula is C8H9N3O2S. The smallest absolute Gasteiger partial charge is 0.310 e. The molecule has 0 aromatic carbocycles. The van der Waals surface area contributed by atoms with Gasteiger partial charge in [0.2, 0.25) is 5.91 Å². The first-order valence-corrected chi connectivity index (χ1v) is 5.02. The van der Waals surface area contributed by atoms with Crippen molar-refractivity contribution < 1.29 is 9.59 Å². The molecule has 0 atom stereocenters. The molecule has 0 saturated carbocycles. The highest BCUT2D eigenvalue weighted by Crippen LogP contribution is 2.15. The van der Waals surface area contributed by atoms with E-state index in [0.717, 1.165) is 10.6 Å². The van der Waals surface area contributed by atoms with Gasteiger partial charge in [-0.15, -0.1) is 11.3 Å². The Labute approximate surface area is 84.7 Å².